The number of nitrogens with zero attached hydrogens (tertiary/aromatic N) is 2. The second-order valence-electron chi connectivity index (χ2n) is 7.54. The molecule has 144 valence electrons. The average Bonchev–Trinajstić information content (AvgIpc) is 3.53. The highest BCUT2D eigenvalue weighted by Crippen LogP contribution is 2.40. The van der Waals surface area contributed by atoms with E-state index in [0.717, 1.165) is 37.8 Å². The largest absolute Gasteiger partial charge is 0.378 e. The fourth-order valence-corrected chi connectivity index (χ4v) is 3.71. The first kappa shape index (κ1) is 18.3. The molecule has 5 nitrogen and oxygen atoms in total. The van der Waals surface area contributed by atoms with Crippen LogP contribution in [0.15, 0.2) is 24.3 Å². The summed E-state index contributed by atoms with van der Waals surface area (Å²) < 4.78 is 19.6. The zero-order chi connectivity index (χ0) is 18.8. The Kier molecular flexibility index (Phi) is 5.36. The molecular formula is C21H26FN3O2. The summed E-state index contributed by atoms with van der Waals surface area (Å²) in [4.78, 5) is 19.7. The van der Waals surface area contributed by atoms with Crippen LogP contribution >= 0.6 is 0 Å². The summed E-state index contributed by atoms with van der Waals surface area (Å²) >= 11 is 0. The van der Waals surface area contributed by atoms with Gasteiger partial charge in [-0.05, 0) is 62.9 Å². The average molecular weight is 371 g/mol. The molecule has 2 fully saturated rings. The Morgan fingerprint density at radius 1 is 1.22 bits per heavy atom. The van der Waals surface area contributed by atoms with Gasteiger partial charge in [-0.2, -0.15) is 0 Å². The first-order valence-corrected chi connectivity index (χ1v) is 9.87. The minimum Gasteiger partial charge on any atom is -0.378 e. The van der Waals surface area contributed by atoms with E-state index in [4.69, 9.17) is 10.5 Å². The number of aromatic nitrogens is 1. The van der Waals surface area contributed by atoms with E-state index < -0.39 is 0 Å². The summed E-state index contributed by atoms with van der Waals surface area (Å²) in [6, 6.07) is 6.38. The van der Waals surface area contributed by atoms with E-state index in [1.165, 1.54) is 12.1 Å². The normalized spacial score (nSPS) is 18.2. The highest BCUT2D eigenvalue weighted by atomic mass is 19.1. The number of carbonyl (C=O) groups excluding carboxylic acids is 1. The number of amides is 1. The predicted molar refractivity (Wildman–Crippen MR) is 102 cm³/mol. The number of fused-ring (bicyclic) bond motifs is 1. The molecule has 1 aromatic carbocycles. The van der Waals surface area contributed by atoms with Gasteiger partial charge in [0, 0.05) is 36.7 Å². The topological polar surface area (TPSA) is 68.5 Å². The fourth-order valence-electron chi connectivity index (χ4n) is 3.71. The third-order valence-electron chi connectivity index (χ3n) is 5.45. The maximum absolute atomic E-state index is 13.8. The minimum absolute atomic E-state index is 0.0321. The van der Waals surface area contributed by atoms with Crippen LogP contribution in [0.3, 0.4) is 0 Å². The second kappa shape index (κ2) is 7.90. The molecule has 1 aromatic heterocycles. The summed E-state index contributed by atoms with van der Waals surface area (Å²) in [7, 11) is 0. The lowest BCUT2D eigenvalue weighted by Gasteiger charge is -2.32. The van der Waals surface area contributed by atoms with Crippen molar-refractivity contribution in [1.82, 2.24) is 9.88 Å². The molecule has 1 saturated carbocycles. The summed E-state index contributed by atoms with van der Waals surface area (Å²) in [5.74, 6) is 0.0625. The molecule has 2 heterocycles. The van der Waals surface area contributed by atoms with Crippen molar-refractivity contribution in [1.29, 1.82) is 0 Å². The van der Waals surface area contributed by atoms with Gasteiger partial charge in [-0.25, -0.2) is 4.39 Å². The van der Waals surface area contributed by atoms with Crippen LogP contribution in [0.1, 0.15) is 54.1 Å². The van der Waals surface area contributed by atoms with Gasteiger partial charge >= 0.3 is 0 Å². The Balaban J connectivity index is 1.53. The van der Waals surface area contributed by atoms with E-state index in [9.17, 15) is 9.18 Å². The molecule has 0 spiro atoms. The van der Waals surface area contributed by atoms with E-state index in [1.54, 1.807) is 6.07 Å². The van der Waals surface area contributed by atoms with Crippen molar-refractivity contribution >= 4 is 16.8 Å². The number of hydrogen-bond acceptors (Lipinski definition) is 4. The van der Waals surface area contributed by atoms with Crippen molar-refractivity contribution in [3.63, 3.8) is 0 Å². The Morgan fingerprint density at radius 2 is 2.00 bits per heavy atom. The highest BCUT2D eigenvalue weighted by Gasteiger charge is 2.29. The van der Waals surface area contributed by atoms with Crippen molar-refractivity contribution in [3.05, 3.63) is 41.3 Å². The van der Waals surface area contributed by atoms with Crippen LogP contribution < -0.4 is 5.73 Å². The maximum Gasteiger partial charge on any atom is 0.254 e. The zero-order valence-electron chi connectivity index (χ0n) is 15.5. The van der Waals surface area contributed by atoms with Gasteiger partial charge in [0.2, 0.25) is 0 Å². The molecule has 4 rings (SSSR count). The quantitative estimate of drug-likeness (QED) is 0.792. The van der Waals surface area contributed by atoms with Crippen LogP contribution in [0.4, 0.5) is 4.39 Å². The Morgan fingerprint density at radius 3 is 2.70 bits per heavy atom. The number of likely N-dealkylation sites (tertiary alicyclic amines) is 1. The zero-order valence-corrected chi connectivity index (χ0v) is 15.5. The van der Waals surface area contributed by atoms with E-state index in [0.29, 0.717) is 48.6 Å². The van der Waals surface area contributed by atoms with Crippen LogP contribution in [-0.4, -0.2) is 48.1 Å². The van der Waals surface area contributed by atoms with Gasteiger partial charge in [0.05, 0.1) is 17.2 Å². The number of pyridine rings is 1. The van der Waals surface area contributed by atoms with Gasteiger partial charge < -0.3 is 15.4 Å². The third-order valence-corrected chi connectivity index (χ3v) is 5.45. The number of piperidine rings is 1. The first-order valence-electron chi connectivity index (χ1n) is 9.87. The van der Waals surface area contributed by atoms with Crippen LogP contribution in [0, 0.1) is 5.82 Å². The van der Waals surface area contributed by atoms with Gasteiger partial charge in [0.1, 0.15) is 5.82 Å². The number of hydrogen-bond donors (Lipinski definition) is 1. The summed E-state index contributed by atoms with van der Waals surface area (Å²) in [6.45, 7) is 2.62. The summed E-state index contributed by atoms with van der Waals surface area (Å²) in [6.07, 6.45) is 4.91. The molecule has 1 amide bonds. The fraction of sp³-hybridized carbons (Fsp3) is 0.524. The molecule has 1 aliphatic heterocycles. The Hall–Kier alpha value is -2.05. The van der Waals surface area contributed by atoms with E-state index in [-0.39, 0.29) is 17.8 Å². The molecular weight excluding hydrogens is 345 g/mol. The first-order chi connectivity index (χ1) is 13.2. The van der Waals surface area contributed by atoms with Gasteiger partial charge in [-0.3, -0.25) is 9.78 Å². The SMILES string of the molecule is NCCCOC1CCN(C(=O)c2cc(C3CC3)nc3ccc(F)cc23)CC1. The van der Waals surface area contributed by atoms with Crippen molar-refractivity contribution < 1.29 is 13.9 Å². The highest BCUT2D eigenvalue weighted by molar-refractivity contribution is 6.06. The van der Waals surface area contributed by atoms with Gasteiger partial charge in [-0.15, -0.1) is 0 Å². The van der Waals surface area contributed by atoms with Gasteiger partial charge in [0.25, 0.3) is 5.91 Å². The lowest BCUT2D eigenvalue weighted by Crippen LogP contribution is -2.41. The van der Waals surface area contributed by atoms with Gasteiger partial charge in [-0.1, -0.05) is 0 Å². The number of ether oxygens (including phenoxy) is 1. The molecule has 0 radical (unpaired) electrons. The molecule has 2 aromatic rings. The minimum atomic E-state index is -0.343. The van der Waals surface area contributed by atoms with E-state index in [1.807, 2.05) is 11.0 Å². The Labute approximate surface area is 158 Å². The van der Waals surface area contributed by atoms with Crippen molar-refractivity contribution in [2.24, 2.45) is 5.73 Å². The second-order valence-corrected chi connectivity index (χ2v) is 7.54. The summed E-state index contributed by atoms with van der Waals surface area (Å²) in [5.41, 5.74) is 7.73. The lowest BCUT2D eigenvalue weighted by molar-refractivity contribution is 0.00849. The number of nitrogens with two attached hydrogens (primary N) is 1. The number of rotatable bonds is 6. The van der Waals surface area contributed by atoms with E-state index in [2.05, 4.69) is 4.98 Å². The van der Waals surface area contributed by atoms with Crippen LogP contribution in [0.25, 0.3) is 10.9 Å². The smallest absolute Gasteiger partial charge is 0.254 e. The van der Waals surface area contributed by atoms with Crippen molar-refractivity contribution in [3.8, 4) is 0 Å². The molecule has 1 aliphatic carbocycles. The molecule has 1 saturated heterocycles. The van der Waals surface area contributed by atoms with Crippen molar-refractivity contribution in [2.45, 2.75) is 44.1 Å². The molecule has 6 heteroatoms. The van der Waals surface area contributed by atoms with Crippen LogP contribution in [0.5, 0.6) is 0 Å². The number of benzene rings is 1. The third kappa shape index (κ3) is 4.12. The Bertz CT molecular complexity index is 830. The molecule has 2 N–H and O–H groups in total. The molecule has 0 unspecified atom stereocenters. The number of carbonyl (C=O) groups is 1. The molecule has 0 atom stereocenters. The predicted octanol–water partition coefficient (Wildman–Crippen LogP) is 3.22. The summed E-state index contributed by atoms with van der Waals surface area (Å²) in [5, 5.41) is 0.603. The van der Waals surface area contributed by atoms with Gasteiger partial charge in [0.15, 0.2) is 0 Å². The molecule has 0 bridgehead atoms. The molecule has 27 heavy (non-hydrogen) atoms. The van der Waals surface area contributed by atoms with Crippen LogP contribution in [0.2, 0.25) is 0 Å². The lowest BCUT2D eigenvalue weighted by atomic mass is 10.0. The molecule has 2 aliphatic rings. The van der Waals surface area contributed by atoms with Crippen molar-refractivity contribution in [2.75, 3.05) is 26.2 Å². The monoisotopic (exact) mass is 371 g/mol. The standard InChI is InChI=1S/C21H26FN3O2/c22-15-4-5-19-17(12-15)18(13-20(24-19)14-2-3-14)21(26)25-9-6-16(7-10-25)27-11-1-8-23/h4-5,12-14,16H,1-3,6-11,23H2. The van der Waals surface area contributed by atoms with Crippen LogP contribution in [-0.2, 0) is 4.74 Å². The number of halogens is 1. The van der Waals surface area contributed by atoms with E-state index >= 15 is 0 Å². The maximum atomic E-state index is 13.8.